The highest BCUT2D eigenvalue weighted by molar-refractivity contribution is 7.86. The Balaban J connectivity index is 1.47. The van der Waals surface area contributed by atoms with Crippen LogP contribution in [0.4, 0.5) is 0 Å². The van der Waals surface area contributed by atoms with Gasteiger partial charge in [-0.15, -0.1) is 0 Å². The first-order chi connectivity index (χ1) is 18.3. The Morgan fingerprint density at radius 2 is 1.77 bits per heavy atom. The molecule has 39 heavy (non-hydrogen) atoms. The number of amides is 1. The Hall–Kier alpha value is -0.660. The van der Waals surface area contributed by atoms with Crippen LogP contribution in [0.5, 0.6) is 0 Å². The average Bonchev–Trinajstić information content (AvgIpc) is 3.23. The van der Waals surface area contributed by atoms with Gasteiger partial charge in [-0.05, 0) is 92.3 Å². The fourth-order valence-corrected chi connectivity index (χ4v) is 12.2. The molecule has 0 saturated heterocycles. The summed E-state index contributed by atoms with van der Waals surface area (Å²) in [6.45, 7) is 10.3. The number of carbonyl (C=O) groups excluding carboxylic acids is 1. The van der Waals surface area contributed by atoms with Crippen molar-refractivity contribution in [3.63, 3.8) is 0 Å². The first kappa shape index (κ1) is 31.3. The van der Waals surface area contributed by atoms with Crippen LogP contribution in [0.25, 0.3) is 0 Å². The van der Waals surface area contributed by atoms with Crippen molar-refractivity contribution in [2.24, 2.45) is 46.3 Å². The third-order valence-electron chi connectivity index (χ3n) is 12.7. The van der Waals surface area contributed by atoms with E-state index in [9.17, 15) is 17.8 Å². The van der Waals surface area contributed by atoms with Crippen molar-refractivity contribution >= 4 is 16.0 Å². The van der Waals surface area contributed by atoms with Gasteiger partial charge in [-0.25, -0.2) is 8.42 Å². The van der Waals surface area contributed by atoms with Gasteiger partial charge in [0.15, 0.2) is 5.37 Å². The minimum Gasteiger partial charge on any atom is -0.743 e. The molecule has 4 rings (SSSR count). The molecule has 226 valence electrons. The van der Waals surface area contributed by atoms with E-state index in [2.05, 4.69) is 26.1 Å². The molecule has 0 aromatic rings. The fourth-order valence-electron chi connectivity index (χ4n) is 11.0. The summed E-state index contributed by atoms with van der Waals surface area (Å²) < 4.78 is 35.5. The first-order valence-corrected chi connectivity index (χ1v) is 17.9. The van der Waals surface area contributed by atoms with E-state index in [0.717, 1.165) is 30.6 Å². The number of hydrogen-bond acceptors (Lipinski definition) is 4. The van der Waals surface area contributed by atoms with Gasteiger partial charge in [0.05, 0.1) is 26.1 Å². The lowest BCUT2D eigenvalue weighted by Gasteiger charge is -2.60. The van der Waals surface area contributed by atoms with Gasteiger partial charge in [-0.1, -0.05) is 53.4 Å². The molecule has 0 bridgehead atoms. The predicted octanol–water partition coefficient (Wildman–Crippen LogP) is 6.32. The number of rotatable bonds is 11. The fraction of sp³-hybridized carbons (Fsp3) is 0.969. The molecule has 0 aliphatic heterocycles. The van der Waals surface area contributed by atoms with E-state index in [1.54, 1.807) is 6.92 Å². The molecule has 1 N–H and O–H groups in total. The Labute approximate surface area is 239 Å². The second-order valence-corrected chi connectivity index (χ2v) is 16.4. The summed E-state index contributed by atoms with van der Waals surface area (Å²) in [7, 11) is -0.720. The molecule has 4 aliphatic carbocycles. The van der Waals surface area contributed by atoms with Crippen LogP contribution in [0.3, 0.4) is 0 Å². The molecule has 4 aliphatic rings. The molecule has 0 aromatic carbocycles. The van der Waals surface area contributed by atoms with Crippen LogP contribution in [0.2, 0.25) is 0 Å². The zero-order valence-corrected chi connectivity index (χ0v) is 26.7. The van der Waals surface area contributed by atoms with Gasteiger partial charge < -0.3 is 14.4 Å². The van der Waals surface area contributed by atoms with E-state index in [-0.39, 0.29) is 15.8 Å². The minimum atomic E-state index is -4.36. The van der Waals surface area contributed by atoms with Crippen molar-refractivity contribution < 1.29 is 22.2 Å². The van der Waals surface area contributed by atoms with Crippen LogP contribution >= 0.6 is 0 Å². The monoisotopic (exact) mass is 566 g/mol. The van der Waals surface area contributed by atoms with Gasteiger partial charge in [-0.3, -0.25) is 4.79 Å². The zero-order chi connectivity index (χ0) is 28.6. The van der Waals surface area contributed by atoms with Crippen LogP contribution < -0.4 is 5.32 Å². The van der Waals surface area contributed by atoms with Gasteiger partial charge in [0.2, 0.25) is 5.91 Å². The molecule has 2 unspecified atom stereocenters. The molecule has 6 nitrogen and oxygen atoms in total. The lowest BCUT2D eigenvalue weighted by atomic mass is 9.43. The summed E-state index contributed by atoms with van der Waals surface area (Å²) >= 11 is 0. The Bertz CT molecular complexity index is 967. The number of quaternary nitrogens is 1. The van der Waals surface area contributed by atoms with Gasteiger partial charge in [0, 0.05) is 19.4 Å². The number of hydrogen-bond donors (Lipinski definition) is 1. The highest BCUT2D eigenvalue weighted by Crippen LogP contribution is 2.68. The summed E-state index contributed by atoms with van der Waals surface area (Å²) in [5, 5.41) is 2.44. The van der Waals surface area contributed by atoms with E-state index >= 15 is 0 Å². The molecule has 0 heterocycles. The molecule has 0 aromatic heterocycles. The summed E-state index contributed by atoms with van der Waals surface area (Å²) in [5.74, 6) is 4.40. The maximum absolute atomic E-state index is 14.3. The third-order valence-corrected chi connectivity index (χ3v) is 14.2. The quantitative estimate of drug-likeness (QED) is 0.180. The molecular weight excluding hydrogens is 508 g/mol. The molecule has 0 radical (unpaired) electrons. The van der Waals surface area contributed by atoms with Crippen LogP contribution in [-0.2, 0) is 14.9 Å². The number of nitrogens with zero attached hydrogens (tertiary/aromatic N) is 1. The van der Waals surface area contributed by atoms with Crippen LogP contribution in [0.15, 0.2) is 0 Å². The summed E-state index contributed by atoms with van der Waals surface area (Å²) in [6.07, 6.45) is 16.0. The highest BCUT2D eigenvalue weighted by Gasteiger charge is 2.63. The Kier molecular flexibility index (Phi) is 9.55. The summed E-state index contributed by atoms with van der Waals surface area (Å²) in [6, 6.07) is 0. The zero-order valence-electron chi connectivity index (χ0n) is 25.8. The maximum Gasteiger partial charge on any atom is 0.226 e. The van der Waals surface area contributed by atoms with Gasteiger partial charge in [-0.2, -0.15) is 0 Å². The summed E-state index contributed by atoms with van der Waals surface area (Å²) in [5.41, 5.74) is 0.223. The Morgan fingerprint density at radius 1 is 1.03 bits per heavy atom. The van der Waals surface area contributed by atoms with Gasteiger partial charge in [0.1, 0.15) is 10.1 Å². The average molecular weight is 567 g/mol. The van der Waals surface area contributed by atoms with Crippen molar-refractivity contribution in [2.75, 3.05) is 27.2 Å². The minimum absolute atomic E-state index is 0.147. The van der Waals surface area contributed by atoms with Crippen LogP contribution in [0.1, 0.15) is 118 Å². The van der Waals surface area contributed by atoms with E-state index in [0.29, 0.717) is 49.1 Å². The van der Waals surface area contributed by atoms with Gasteiger partial charge in [0.25, 0.3) is 0 Å². The van der Waals surface area contributed by atoms with Gasteiger partial charge >= 0.3 is 0 Å². The first-order valence-electron chi connectivity index (χ1n) is 16.4. The molecule has 0 spiro atoms. The standard InChI is InChI=1S/C32H58N2O4S/c1-7-12-23(3)26-16-17-27-25-15-14-24-13-9-10-19-32(24,28(25)18-20-31(26,27)4)30(35)33-21-11-22-34(5,6)29(8-2)39(36,37)38/h23-29H,7-22H2,1-6H3,(H-,33,35,36,37,38)/t23-,24?,25+,26-,27+,28+,29?,31-,32-/m1/s1. The topological polar surface area (TPSA) is 86.3 Å². The number of carbonyl (C=O) groups is 1. The molecule has 9 atom stereocenters. The molecule has 7 heteroatoms. The molecule has 4 fully saturated rings. The highest BCUT2D eigenvalue weighted by atomic mass is 32.2. The molecule has 1 amide bonds. The van der Waals surface area contributed by atoms with Crippen molar-refractivity contribution in [1.29, 1.82) is 0 Å². The lowest BCUT2D eigenvalue weighted by molar-refractivity contribution is -0.901. The number of fused-ring (bicyclic) bond motifs is 5. The van der Waals surface area contributed by atoms with Crippen molar-refractivity contribution in [1.82, 2.24) is 5.32 Å². The third kappa shape index (κ3) is 5.71. The van der Waals surface area contributed by atoms with E-state index in [1.165, 1.54) is 64.2 Å². The van der Waals surface area contributed by atoms with Crippen LogP contribution in [0, 0.1) is 46.3 Å². The predicted molar refractivity (Wildman–Crippen MR) is 157 cm³/mol. The molecular formula is C32H58N2O4S. The maximum atomic E-state index is 14.3. The largest absolute Gasteiger partial charge is 0.743 e. The SMILES string of the molecule is CCC[C@@H](C)[C@H]1CC[C@H]2[C@@H]3CCC4CCCC[C@]4(C(=O)NCCC[N+](C)(C)C(CC)S(=O)(=O)[O-])[C@H]3CC[C@]12C. The van der Waals surface area contributed by atoms with Crippen LogP contribution in [-0.4, -0.2) is 55.9 Å². The van der Waals surface area contributed by atoms with E-state index in [1.807, 2.05) is 14.1 Å². The lowest BCUT2D eigenvalue weighted by Crippen LogP contribution is -2.60. The number of nitrogens with one attached hydrogen (secondary N) is 1. The van der Waals surface area contributed by atoms with E-state index in [4.69, 9.17) is 0 Å². The normalized spacial score (nSPS) is 38.3. The Morgan fingerprint density at radius 3 is 2.44 bits per heavy atom. The van der Waals surface area contributed by atoms with Crippen molar-refractivity contribution in [3.8, 4) is 0 Å². The second-order valence-electron chi connectivity index (χ2n) is 14.9. The smallest absolute Gasteiger partial charge is 0.226 e. The van der Waals surface area contributed by atoms with Crippen molar-refractivity contribution in [3.05, 3.63) is 0 Å². The molecule has 4 saturated carbocycles. The second kappa shape index (κ2) is 11.9. The van der Waals surface area contributed by atoms with Crippen molar-refractivity contribution in [2.45, 2.75) is 123 Å². The van der Waals surface area contributed by atoms with E-state index < -0.39 is 15.5 Å². The summed E-state index contributed by atoms with van der Waals surface area (Å²) in [4.78, 5) is 14.3.